The Morgan fingerprint density at radius 2 is 2.00 bits per heavy atom. The lowest BCUT2D eigenvalue weighted by atomic mass is 9.87. The zero-order chi connectivity index (χ0) is 19.2. The van der Waals surface area contributed by atoms with E-state index in [1.54, 1.807) is 18.3 Å². The minimum absolute atomic E-state index is 0.00737. The number of pyridine rings is 1. The largest absolute Gasteiger partial charge is 0.348 e. The number of nitrogens with zero attached hydrogens (tertiary/aromatic N) is 2. The number of nitrogens with one attached hydrogen (secondary N) is 1. The van der Waals surface area contributed by atoms with E-state index >= 15 is 0 Å². The molecule has 1 aliphatic rings. The molecule has 0 radical (unpaired) electrons. The lowest BCUT2D eigenvalue weighted by Gasteiger charge is -2.36. The standard InChI is InChI=1S/C21H24FN3O2/c1-15(26)24-21(19-7-2-3-10-23-19)17-8-11-25(12-9-17)20(27)14-16-5-4-6-18(22)13-16/h2-7,10,13,17,21H,8-9,11-12,14H2,1H3,(H,24,26)/t21-/m1/s1. The van der Waals surface area contributed by atoms with E-state index in [2.05, 4.69) is 10.3 Å². The van der Waals surface area contributed by atoms with Gasteiger partial charge in [-0.1, -0.05) is 18.2 Å². The number of benzene rings is 1. The molecule has 5 nitrogen and oxygen atoms in total. The van der Waals surface area contributed by atoms with E-state index in [0.717, 1.165) is 18.5 Å². The highest BCUT2D eigenvalue weighted by Gasteiger charge is 2.30. The number of carbonyl (C=O) groups is 2. The summed E-state index contributed by atoms with van der Waals surface area (Å²) in [7, 11) is 0. The fourth-order valence-electron chi connectivity index (χ4n) is 3.63. The molecule has 0 unspecified atom stereocenters. The third kappa shape index (κ3) is 5.12. The molecule has 0 aliphatic carbocycles. The summed E-state index contributed by atoms with van der Waals surface area (Å²) in [4.78, 5) is 30.4. The Bertz CT molecular complexity index is 789. The molecule has 0 spiro atoms. The monoisotopic (exact) mass is 369 g/mol. The van der Waals surface area contributed by atoms with Crippen molar-refractivity contribution in [1.29, 1.82) is 0 Å². The molecule has 142 valence electrons. The van der Waals surface area contributed by atoms with Gasteiger partial charge in [0.1, 0.15) is 5.82 Å². The predicted octanol–water partition coefficient (Wildman–Crippen LogP) is 2.88. The number of halogens is 1. The average molecular weight is 369 g/mol. The zero-order valence-corrected chi connectivity index (χ0v) is 15.4. The third-order valence-electron chi connectivity index (χ3n) is 4.97. The number of amides is 2. The summed E-state index contributed by atoms with van der Waals surface area (Å²) in [5, 5.41) is 3.01. The van der Waals surface area contributed by atoms with Crippen LogP contribution in [0, 0.1) is 11.7 Å². The summed E-state index contributed by atoms with van der Waals surface area (Å²) in [5.41, 5.74) is 1.53. The first-order valence-corrected chi connectivity index (χ1v) is 9.23. The fraction of sp³-hybridized carbons (Fsp3) is 0.381. The van der Waals surface area contributed by atoms with Gasteiger partial charge in [-0.25, -0.2) is 4.39 Å². The van der Waals surface area contributed by atoms with Gasteiger partial charge in [0, 0.05) is 26.2 Å². The second kappa shape index (κ2) is 8.75. The quantitative estimate of drug-likeness (QED) is 0.882. The van der Waals surface area contributed by atoms with Crippen molar-refractivity contribution in [3.8, 4) is 0 Å². The Labute approximate surface area is 158 Å². The maximum Gasteiger partial charge on any atom is 0.226 e. The van der Waals surface area contributed by atoms with Crippen LogP contribution in [-0.2, 0) is 16.0 Å². The van der Waals surface area contributed by atoms with Gasteiger partial charge in [0.2, 0.25) is 11.8 Å². The van der Waals surface area contributed by atoms with Crippen LogP contribution in [0.1, 0.15) is 37.1 Å². The summed E-state index contributed by atoms with van der Waals surface area (Å²) in [6, 6.07) is 11.7. The summed E-state index contributed by atoms with van der Waals surface area (Å²) < 4.78 is 13.3. The first-order valence-electron chi connectivity index (χ1n) is 9.23. The molecule has 1 aromatic carbocycles. The van der Waals surface area contributed by atoms with E-state index in [0.29, 0.717) is 18.7 Å². The number of rotatable bonds is 5. The van der Waals surface area contributed by atoms with Crippen LogP contribution in [0.3, 0.4) is 0 Å². The van der Waals surface area contributed by atoms with E-state index in [9.17, 15) is 14.0 Å². The number of hydrogen-bond donors (Lipinski definition) is 1. The van der Waals surface area contributed by atoms with Crippen molar-refractivity contribution < 1.29 is 14.0 Å². The number of piperidine rings is 1. The van der Waals surface area contributed by atoms with Gasteiger partial charge in [-0.3, -0.25) is 14.6 Å². The second-order valence-corrected chi connectivity index (χ2v) is 6.96. The molecule has 2 amide bonds. The zero-order valence-electron chi connectivity index (χ0n) is 15.4. The molecule has 6 heteroatoms. The average Bonchev–Trinajstić information content (AvgIpc) is 2.67. The number of carbonyl (C=O) groups excluding carboxylic acids is 2. The maximum absolute atomic E-state index is 13.3. The molecule has 1 aliphatic heterocycles. The Kier molecular flexibility index (Phi) is 6.16. The van der Waals surface area contributed by atoms with Crippen LogP contribution in [0.2, 0.25) is 0 Å². The third-order valence-corrected chi connectivity index (χ3v) is 4.97. The molecule has 27 heavy (non-hydrogen) atoms. The molecule has 2 aromatic rings. The molecule has 2 heterocycles. The summed E-state index contributed by atoms with van der Waals surface area (Å²) >= 11 is 0. The van der Waals surface area contributed by atoms with E-state index in [4.69, 9.17) is 0 Å². The van der Waals surface area contributed by atoms with Gasteiger partial charge >= 0.3 is 0 Å². The molecule has 1 atom stereocenters. The number of likely N-dealkylation sites (tertiary alicyclic amines) is 1. The molecular weight excluding hydrogens is 345 g/mol. The summed E-state index contributed by atoms with van der Waals surface area (Å²) in [5.74, 6) is -0.183. The van der Waals surface area contributed by atoms with Crippen molar-refractivity contribution in [2.45, 2.75) is 32.2 Å². The molecule has 1 saturated heterocycles. The first kappa shape index (κ1) is 19.0. The smallest absolute Gasteiger partial charge is 0.226 e. The molecule has 1 N–H and O–H groups in total. The Morgan fingerprint density at radius 3 is 2.63 bits per heavy atom. The highest BCUT2D eigenvalue weighted by Crippen LogP contribution is 2.30. The van der Waals surface area contributed by atoms with Crippen LogP contribution in [-0.4, -0.2) is 34.8 Å². The van der Waals surface area contributed by atoms with Gasteiger partial charge in [-0.2, -0.15) is 0 Å². The van der Waals surface area contributed by atoms with Crippen LogP contribution in [0.25, 0.3) is 0 Å². The van der Waals surface area contributed by atoms with Crippen LogP contribution in [0.5, 0.6) is 0 Å². The van der Waals surface area contributed by atoms with E-state index < -0.39 is 0 Å². The molecule has 0 saturated carbocycles. The van der Waals surface area contributed by atoms with Gasteiger partial charge in [-0.15, -0.1) is 0 Å². The minimum Gasteiger partial charge on any atom is -0.348 e. The van der Waals surface area contributed by atoms with Gasteiger partial charge in [0.25, 0.3) is 0 Å². The normalized spacial score (nSPS) is 16.0. The van der Waals surface area contributed by atoms with Gasteiger partial charge in [0.15, 0.2) is 0 Å². The summed E-state index contributed by atoms with van der Waals surface area (Å²) in [6.07, 6.45) is 3.51. The van der Waals surface area contributed by atoms with Crippen molar-refractivity contribution in [3.63, 3.8) is 0 Å². The van der Waals surface area contributed by atoms with Crippen molar-refractivity contribution in [1.82, 2.24) is 15.2 Å². The van der Waals surface area contributed by atoms with Crippen LogP contribution in [0.15, 0.2) is 48.7 Å². The first-order chi connectivity index (χ1) is 13.0. The van der Waals surface area contributed by atoms with Crippen LogP contribution in [0.4, 0.5) is 4.39 Å². The van der Waals surface area contributed by atoms with Crippen LogP contribution >= 0.6 is 0 Å². The van der Waals surface area contributed by atoms with Gasteiger partial charge in [-0.05, 0) is 48.6 Å². The van der Waals surface area contributed by atoms with Crippen molar-refractivity contribution in [2.24, 2.45) is 5.92 Å². The van der Waals surface area contributed by atoms with E-state index in [1.165, 1.54) is 19.1 Å². The number of hydrogen-bond acceptors (Lipinski definition) is 3. The lowest BCUT2D eigenvalue weighted by Crippen LogP contribution is -2.43. The van der Waals surface area contributed by atoms with Crippen molar-refractivity contribution in [3.05, 3.63) is 65.7 Å². The van der Waals surface area contributed by atoms with Crippen molar-refractivity contribution >= 4 is 11.8 Å². The Hall–Kier alpha value is -2.76. The Balaban J connectivity index is 1.61. The number of aromatic nitrogens is 1. The molecular formula is C21H24FN3O2. The fourth-order valence-corrected chi connectivity index (χ4v) is 3.63. The molecule has 1 fully saturated rings. The van der Waals surface area contributed by atoms with Gasteiger partial charge < -0.3 is 10.2 Å². The topological polar surface area (TPSA) is 62.3 Å². The highest BCUT2D eigenvalue weighted by molar-refractivity contribution is 5.78. The van der Waals surface area contributed by atoms with Crippen LogP contribution < -0.4 is 5.32 Å². The lowest BCUT2D eigenvalue weighted by molar-refractivity contribution is -0.132. The minimum atomic E-state index is -0.326. The predicted molar refractivity (Wildman–Crippen MR) is 100 cm³/mol. The molecule has 3 rings (SSSR count). The summed E-state index contributed by atoms with van der Waals surface area (Å²) in [6.45, 7) is 2.76. The SMILES string of the molecule is CC(=O)N[C@@H](c1ccccn1)C1CCN(C(=O)Cc2cccc(F)c2)CC1. The van der Waals surface area contributed by atoms with E-state index in [-0.39, 0.29) is 36.0 Å². The highest BCUT2D eigenvalue weighted by atomic mass is 19.1. The van der Waals surface area contributed by atoms with E-state index in [1.807, 2.05) is 23.1 Å². The second-order valence-electron chi connectivity index (χ2n) is 6.96. The maximum atomic E-state index is 13.3. The van der Waals surface area contributed by atoms with Gasteiger partial charge in [0.05, 0.1) is 18.2 Å². The Morgan fingerprint density at radius 1 is 1.22 bits per heavy atom. The van der Waals surface area contributed by atoms with Crippen molar-refractivity contribution in [2.75, 3.05) is 13.1 Å². The molecule has 0 bridgehead atoms. The molecule has 1 aromatic heterocycles.